The molecule has 2 rings (SSSR count). The number of pyridine rings is 1. The van der Waals surface area contributed by atoms with Crippen LogP contribution in [0.1, 0.15) is 0 Å². The van der Waals surface area contributed by atoms with Gasteiger partial charge in [0.1, 0.15) is 5.82 Å². The lowest BCUT2D eigenvalue weighted by molar-refractivity contribution is 0.392. The van der Waals surface area contributed by atoms with E-state index in [0.717, 1.165) is 5.82 Å². The summed E-state index contributed by atoms with van der Waals surface area (Å²) < 4.78 is 23.4. The van der Waals surface area contributed by atoms with Crippen LogP contribution in [0.5, 0.6) is 0 Å². The van der Waals surface area contributed by atoms with Gasteiger partial charge in [-0.3, -0.25) is 0 Å². The zero-order valence-electron chi connectivity index (χ0n) is 8.58. The van der Waals surface area contributed by atoms with E-state index in [-0.39, 0.29) is 0 Å². The van der Waals surface area contributed by atoms with Crippen LogP contribution in [0.4, 0.5) is 5.82 Å². The number of aromatic nitrogens is 1. The van der Waals surface area contributed by atoms with Gasteiger partial charge >= 0.3 is 0 Å². The molecular weight excluding hydrogens is 250 g/mol. The van der Waals surface area contributed by atoms with Gasteiger partial charge in [-0.15, -0.1) is 0 Å². The molecule has 0 aliphatic carbocycles. The minimum atomic E-state index is -3.57. The minimum Gasteiger partial charge on any atom is -0.354 e. The van der Waals surface area contributed by atoms with Crippen molar-refractivity contribution in [2.24, 2.45) is 0 Å². The summed E-state index contributed by atoms with van der Waals surface area (Å²) in [6.45, 7) is 2.04. The third-order valence-corrected chi connectivity index (χ3v) is 4.09. The van der Waals surface area contributed by atoms with Gasteiger partial charge in [0.05, 0.1) is 0 Å². The Bertz CT molecular complexity index is 443. The molecule has 1 saturated heterocycles. The third kappa shape index (κ3) is 2.63. The Kier molecular flexibility index (Phi) is 3.32. The van der Waals surface area contributed by atoms with Gasteiger partial charge in [0, 0.05) is 43.1 Å². The first-order valence-electron chi connectivity index (χ1n) is 4.93. The van der Waals surface area contributed by atoms with Crippen molar-refractivity contribution in [2.75, 3.05) is 31.1 Å². The molecule has 0 N–H and O–H groups in total. The number of rotatable bonds is 2. The van der Waals surface area contributed by atoms with Crippen LogP contribution in [0.25, 0.3) is 0 Å². The Labute approximate surface area is 99.2 Å². The highest BCUT2D eigenvalue weighted by Gasteiger charge is 2.25. The minimum absolute atomic E-state index is 0.405. The zero-order valence-corrected chi connectivity index (χ0v) is 10.2. The van der Waals surface area contributed by atoms with Crippen LogP contribution in [-0.4, -0.2) is 43.9 Å². The van der Waals surface area contributed by atoms with Crippen molar-refractivity contribution in [1.29, 1.82) is 0 Å². The standard InChI is InChI=1S/C9H12ClN3O2S/c10-16(14,15)13-7-5-12(6-8-13)9-3-1-2-4-11-9/h1-4H,5-8H2. The largest absolute Gasteiger partial charge is 0.354 e. The summed E-state index contributed by atoms with van der Waals surface area (Å²) in [4.78, 5) is 6.25. The quantitative estimate of drug-likeness (QED) is 0.735. The molecule has 5 nitrogen and oxygen atoms in total. The molecule has 7 heteroatoms. The van der Waals surface area contributed by atoms with E-state index in [9.17, 15) is 8.42 Å². The smallest absolute Gasteiger partial charge is 0.299 e. The monoisotopic (exact) mass is 261 g/mol. The Morgan fingerprint density at radius 2 is 1.88 bits per heavy atom. The Morgan fingerprint density at radius 3 is 2.38 bits per heavy atom. The van der Waals surface area contributed by atoms with E-state index < -0.39 is 9.24 Å². The molecule has 1 fully saturated rings. The Hall–Kier alpha value is -0.850. The van der Waals surface area contributed by atoms with Crippen LogP contribution < -0.4 is 4.90 Å². The van der Waals surface area contributed by atoms with Crippen LogP contribution in [0.3, 0.4) is 0 Å². The molecule has 1 aliphatic heterocycles. The van der Waals surface area contributed by atoms with E-state index in [1.165, 1.54) is 4.31 Å². The summed E-state index contributed by atoms with van der Waals surface area (Å²) in [5.74, 6) is 0.870. The molecule has 16 heavy (non-hydrogen) atoms. The molecule has 88 valence electrons. The van der Waals surface area contributed by atoms with E-state index in [0.29, 0.717) is 26.2 Å². The average Bonchev–Trinajstić information content (AvgIpc) is 2.29. The molecule has 0 spiro atoms. The van der Waals surface area contributed by atoms with E-state index in [1.807, 2.05) is 23.1 Å². The van der Waals surface area contributed by atoms with Gasteiger partial charge in [0.15, 0.2) is 0 Å². The van der Waals surface area contributed by atoms with Gasteiger partial charge < -0.3 is 4.90 Å². The SMILES string of the molecule is O=S(=O)(Cl)N1CCN(c2ccccn2)CC1. The number of anilines is 1. The first kappa shape index (κ1) is 11.6. The van der Waals surface area contributed by atoms with Crippen LogP contribution >= 0.6 is 10.7 Å². The highest BCUT2D eigenvalue weighted by molar-refractivity contribution is 8.11. The van der Waals surface area contributed by atoms with Gasteiger partial charge in [-0.2, -0.15) is 12.7 Å². The molecule has 2 heterocycles. The first-order chi connectivity index (χ1) is 7.57. The number of nitrogens with zero attached hydrogens (tertiary/aromatic N) is 3. The molecule has 1 aliphatic rings. The summed E-state index contributed by atoms with van der Waals surface area (Å²) in [6, 6.07) is 5.67. The van der Waals surface area contributed by atoms with E-state index in [2.05, 4.69) is 4.98 Å². The second-order valence-electron chi connectivity index (χ2n) is 3.52. The predicted molar refractivity (Wildman–Crippen MR) is 62.8 cm³/mol. The Morgan fingerprint density at radius 1 is 1.19 bits per heavy atom. The normalized spacial score (nSPS) is 18.7. The lowest BCUT2D eigenvalue weighted by atomic mass is 10.3. The molecule has 0 bridgehead atoms. The molecule has 1 aromatic rings. The maximum Gasteiger partial charge on any atom is 0.299 e. The van der Waals surface area contributed by atoms with Crippen molar-refractivity contribution < 1.29 is 8.42 Å². The fourth-order valence-corrected chi connectivity index (χ4v) is 2.69. The van der Waals surface area contributed by atoms with Crippen molar-refractivity contribution in [3.63, 3.8) is 0 Å². The van der Waals surface area contributed by atoms with Crippen LogP contribution in [0.15, 0.2) is 24.4 Å². The lowest BCUT2D eigenvalue weighted by Gasteiger charge is -2.33. The van der Waals surface area contributed by atoms with E-state index in [1.54, 1.807) is 6.20 Å². The van der Waals surface area contributed by atoms with Gasteiger partial charge in [0.25, 0.3) is 9.24 Å². The third-order valence-electron chi connectivity index (χ3n) is 2.52. The van der Waals surface area contributed by atoms with Gasteiger partial charge in [0.2, 0.25) is 0 Å². The predicted octanol–water partition coefficient (Wildman–Crippen LogP) is 0.687. The Balaban J connectivity index is 2.01. The van der Waals surface area contributed by atoms with Crippen molar-refractivity contribution >= 4 is 25.7 Å². The summed E-state index contributed by atoms with van der Waals surface area (Å²) in [5.41, 5.74) is 0. The summed E-state index contributed by atoms with van der Waals surface area (Å²) >= 11 is 0. The molecule has 0 saturated carbocycles. The average molecular weight is 262 g/mol. The van der Waals surface area contributed by atoms with Crippen molar-refractivity contribution in [2.45, 2.75) is 0 Å². The van der Waals surface area contributed by atoms with Crippen LogP contribution in [0.2, 0.25) is 0 Å². The summed E-state index contributed by atoms with van der Waals surface area (Å²) in [7, 11) is 1.70. The molecule has 0 amide bonds. The number of hydrogen-bond donors (Lipinski definition) is 0. The van der Waals surface area contributed by atoms with E-state index >= 15 is 0 Å². The molecular formula is C9H12ClN3O2S. The second-order valence-corrected chi connectivity index (χ2v) is 6.03. The van der Waals surface area contributed by atoms with Crippen LogP contribution in [-0.2, 0) is 9.24 Å². The van der Waals surface area contributed by atoms with E-state index in [4.69, 9.17) is 10.7 Å². The lowest BCUT2D eigenvalue weighted by Crippen LogP contribution is -2.47. The number of piperazine rings is 1. The summed E-state index contributed by atoms with van der Waals surface area (Å²) in [5, 5.41) is 0. The number of halogens is 1. The van der Waals surface area contributed by atoms with Gasteiger partial charge in [-0.05, 0) is 12.1 Å². The maximum absolute atomic E-state index is 11.1. The first-order valence-corrected chi connectivity index (χ1v) is 7.20. The van der Waals surface area contributed by atoms with Crippen molar-refractivity contribution in [1.82, 2.24) is 9.29 Å². The number of hydrogen-bond acceptors (Lipinski definition) is 4. The molecule has 0 radical (unpaired) electrons. The molecule has 1 aromatic heterocycles. The summed E-state index contributed by atoms with van der Waals surface area (Å²) in [6.07, 6.45) is 1.72. The maximum atomic E-state index is 11.1. The van der Waals surface area contributed by atoms with Gasteiger partial charge in [-0.1, -0.05) is 6.07 Å². The fraction of sp³-hybridized carbons (Fsp3) is 0.444. The fourth-order valence-electron chi connectivity index (χ4n) is 1.68. The van der Waals surface area contributed by atoms with Crippen molar-refractivity contribution in [3.8, 4) is 0 Å². The highest BCUT2D eigenvalue weighted by atomic mass is 35.7. The topological polar surface area (TPSA) is 53.5 Å². The second kappa shape index (κ2) is 4.57. The van der Waals surface area contributed by atoms with Crippen molar-refractivity contribution in [3.05, 3.63) is 24.4 Å². The molecule has 0 unspecified atom stereocenters. The van der Waals surface area contributed by atoms with Gasteiger partial charge in [-0.25, -0.2) is 4.98 Å². The highest BCUT2D eigenvalue weighted by Crippen LogP contribution is 2.15. The zero-order chi connectivity index (χ0) is 11.6. The van der Waals surface area contributed by atoms with Crippen LogP contribution in [0, 0.1) is 0 Å². The molecule has 0 aromatic carbocycles. The molecule has 0 atom stereocenters.